The Bertz CT molecular complexity index is 383. The summed E-state index contributed by atoms with van der Waals surface area (Å²) in [5.41, 5.74) is 0. The second kappa shape index (κ2) is 4.88. The second-order valence-electron chi connectivity index (χ2n) is 4.77. The molecule has 0 aromatic carbocycles. The molecule has 2 fully saturated rings. The van der Waals surface area contributed by atoms with Crippen LogP contribution in [0.3, 0.4) is 0 Å². The lowest BCUT2D eigenvalue weighted by Crippen LogP contribution is -2.48. The number of nitrogens with one attached hydrogen (secondary N) is 1. The highest BCUT2D eigenvalue weighted by atomic mass is 32.1. The highest BCUT2D eigenvalue weighted by molar-refractivity contribution is 7.09. The summed E-state index contributed by atoms with van der Waals surface area (Å²) >= 11 is 1.42. The summed E-state index contributed by atoms with van der Waals surface area (Å²) in [5, 5.41) is 4.21. The Morgan fingerprint density at radius 1 is 1.59 bits per heavy atom. The maximum absolute atomic E-state index is 5.87. The Morgan fingerprint density at radius 2 is 2.53 bits per heavy atom. The van der Waals surface area contributed by atoms with Crippen LogP contribution in [0.5, 0.6) is 0 Å². The van der Waals surface area contributed by atoms with E-state index < -0.39 is 0 Å². The molecule has 3 heterocycles. The zero-order chi connectivity index (χ0) is 11.7. The normalized spacial score (nSPS) is 29.2. The molecule has 1 aromatic heterocycles. The molecule has 2 aliphatic rings. The summed E-state index contributed by atoms with van der Waals surface area (Å²) < 4.78 is 10.0. The topological polar surface area (TPSA) is 50.3 Å². The number of rotatable bonds is 3. The van der Waals surface area contributed by atoms with E-state index in [1.54, 1.807) is 0 Å². The van der Waals surface area contributed by atoms with Crippen molar-refractivity contribution in [3.8, 4) is 0 Å². The molecule has 5 nitrogen and oxygen atoms in total. The van der Waals surface area contributed by atoms with E-state index in [1.807, 2.05) is 6.92 Å². The van der Waals surface area contributed by atoms with Crippen LogP contribution in [0.25, 0.3) is 0 Å². The van der Waals surface area contributed by atoms with Crippen LogP contribution in [0.4, 0.5) is 5.13 Å². The zero-order valence-electron chi connectivity index (χ0n) is 10.1. The van der Waals surface area contributed by atoms with Gasteiger partial charge in [0.05, 0.1) is 12.7 Å². The van der Waals surface area contributed by atoms with E-state index in [0.29, 0.717) is 6.04 Å². The SMILES string of the molecule is Cc1nsc(NCC2CN3CCCC3CO2)n1. The summed E-state index contributed by atoms with van der Waals surface area (Å²) in [6.45, 7) is 5.92. The van der Waals surface area contributed by atoms with Crippen molar-refractivity contribution in [2.45, 2.75) is 31.9 Å². The van der Waals surface area contributed by atoms with Gasteiger partial charge in [0.15, 0.2) is 0 Å². The maximum Gasteiger partial charge on any atom is 0.202 e. The minimum atomic E-state index is 0.286. The summed E-state index contributed by atoms with van der Waals surface area (Å²) in [6, 6.07) is 0.676. The third-order valence-corrected chi connectivity index (χ3v) is 4.23. The Labute approximate surface area is 105 Å². The molecule has 1 N–H and O–H groups in total. The molecule has 2 unspecified atom stereocenters. The van der Waals surface area contributed by atoms with Gasteiger partial charge >= 0.3 is 0 Å². The molecular formula is C11H18N4OS. The summed E-state index contributed by atoms with van der Waals surface area (Å²) in [5.74, 6) is 0.835. The number of aromatic nitrogens is 2. The van der Waals surface area contributed by atoms with Crippen molar-refractivity contribution in [3.05, 3.63) is 5.82 Å². The molecule has 0 spiro atoms. The van der Waals surface area contributed by atoms with Gasteiger partial charge in [0.2, 0.25) is 5.13 Å². The minimum Gasteiger partial charge on any atom is -0.373 e. The van der Waals surface area contributed by atoms with Crippen molar-refractivity contribution in [1.29, 1.82) is 0 Å². The summed E-state index contributed by atoms with van der Waals surface area (Å²) in [4.78, 5) is 6.85. The predicted molar refractivity (Wildman–Crippen MR) is 67.5 cm³/mol. The molecule has 0 radical (unpaired) electrons. The van der Waals surface area contributed by atoms with Gasteiger partial charge in [0.25, 0.3) is 0 Å². The minimum absolute atomic E-state index is 0.286. The van der Waals surface area contributed by atoms with Gasteiger partial charge < -0.3 is 10.1 Å². The van der Waals surface area contributed by atoms with E-state index in [4.69, 9.17) is 4.74 Å². The molecular weight excluding hydrogens is 236 g/mol. The van der Waals surface area contributed by atoms with E-state index >= 15 is 0 Å². The maximum atomic E-state index is 5.87. The van der Waals surface area contributed by atoms with Crippen molar-refractivity contribution in [3.63, 3.8) is 0 Å². The van der Waals surface area contributed by atoms with Crippen molar-refractivity contribution in [2.75, 3.05) is 31.6 Å². The van der Waals surface area contributed by atoms with E-state index in [0.717, 1.165) is 30.7 Å². The molecule has 1 aromatic rings. The Hall–Kier alpha value is -0.720. The quantitative estimate of drug-likeness (QED) is 0.876. The fourth-order valence-corrected chi connectivity index (χ4v) is 3.16. The third kappa shape index (κ3) is 2.59. The van der Waals surface area contributed by atoms with Crippen molar-refractivity contribution < 1.29 is 4.74 Å². The predicted octanol–water partition coefficient (Wildman–Crippen LogP) is 1.12. The Balaban J connectivity index is 1.49. The molecule has 2 aliphatic heterocycles. The van der Waals surface area contributed by atoms with E-state index in [9.17, 15) is 0 Å². The molecule has 6 heteroatoms. The molecule has 0 amide bonds. The van der Waals surface area contributed by atoms with Crippen molar-refractivity contribution in [2.24, 2.45) is 0 Å². The first-order chi connectivity index (χ1) is 8.31. The second-order valence-corrected chi connectivity index (χ2v) is 5.53. The van der Waals surface area contributed by atoms with Gasteiger partial charge in [-0.15, -0.1) is 0 Å². The van der Waals surface area contributed by atoms with E-state index in [2.05, 4.69) is 19.6 Å². The van der Waals surface area contributed by atoms with Gasteiger partial charge in [-0.2, -0.15) is 4.37 Å². The lowest BCUT2D eigenvalue weighted by Gasteiger charge is -2.35. The molecule has 0 saturated carbocycles. The van der Waals surface area contributed by atoms with Crippen LogP contribution in [0.1, 0.15) is 18.7 Å². The summed E-state index contributed by atoms with van der Waals surface area (Å²) in [7, 11) is 0. The third-order valence-electron chi connectivity index (χ3n) is 3.47. The van der Waals surface area contributed by atoms with Gasteiger partial charge in [-0.3, -0.25) is 4.90 Å². The number of hydrogen-bond donors (Lipinski definition) is 1. The number of hydrogen-bond acceptors (Lipinski definition) is 6. The Morgan fingerprint density at radius 3 is 3.35 bits per heavy atom. The van der Waals surface area contributed by atoms with Gasteiger partial charge in [-0.25, -0.2) is 4.98 Å². The monoisotopic (exact) mass is 254 g/mol. The van der Waals surface area contributed by atoms with Gasteiger partial charge in [-0.1, -0.05) is 0 Å². The standard InChI is InChI=1S/C11H18N4OS/c1-8-13-11(17-14-8)12-5-10-6-15-4-2-3-9(15)7-16-10/h9-10H,2-7H2,1H3,(H,12,13,14). The highest BCUT2D eigenvalue weighted by Crippen LogP contribution is 2.22. The summed E-state index contributed by atoms with van der Waals surface area (Å²) in [6.07, 6.45) is 2.91. The van der Waals surface area contributed by atoms with Crippen LogP contribution in [0, 0.1) is 6.92 Å². The molecule has 2 atom stereocenters. The fraction of sp³-hybridized carbons (Fsp3) is 0.818. The molecule has 94 valence electrons. The van der Waals surface area contributed by atoms with Crippen LogP contribution in [0.2, 0.25) is 0 Å². The van der Waals surface area contributed by atoms with Crippen molar-refractivity contribution in [1.82, 2.24) is 14.3 Å². The molecule has 3 rings (SSSR count). The van der Waals surface area contributed by atoms with Crippen LogP contribution in [-0.2, 0) is 4.74 Å². The number of aryl methyl sites for hydroxylation is 1. The lowest BCUT2D eigenvalue weighted by atomic mass is 10.2. The highest BCUT2D eigenvalue weighted by Gasteiger charge is 2.31. The van der Waals surface area contributed by atoms with Gasteiger partial charge in [0, 0.05) is 30.7 Å². The number of morpholine rings is 1. The average molecular weight is 254 g/mol. The molecule has 2 saturated heterocycles. The first-order valence-corrected chi connectivity index (χ1v) is 6.98. The average Bonchev–Trinajstić information content (AvgIpc) is 2.94. The van der Waals surface area contributed by atoms with Gasteiger partial charge in [0.1, 0.15) is 5.82 Å². The Kier molecular flexibility index (Phi) is 3.26. The fourth-order valence-electron chi connectivity index (χ4n) is 2.58. The molecule has 0 aliphatic carbocycles. The first kappa shape index (κ1) is 11.4. The first-order valence-electron chi connectivity index (χ1n) is 6.21. The van der Waals surface area contributed by atoms with Crippen LogP contribution in [0.15, 0.2) is 0 Å². The van der Waals surface area contributed by atoms with Crippen LogP contribution < -0.4 is 5.32 Å². The molecule has 17 heavy (non-hydrogen) atoms. The van der Waals surface area contributed by atoms with Crippen LogP contribution >= 0.6 is 11.5 Å². The van der Waals surface area contributed by atoms with Crippen LogP contribution in [-0.4, -0.2) is 52.6 Å². The van der Waals surface area contributed by atoms with Crippen molar-refractivity contribution >= 4 is 16.7 Å². The zero-order valence-corrected chi connectivity index (χ0v) is 10.9. The molecule has 0 bridgehead atoms. The van der Waals surface area contributed by atoms with E-state index in [-0.39, 0.29) is 6.10 Å². The number of fused-ring (bicyclic) bond motifs is 1. The largest absolute Gasteiger partial charge is 0.373 e. The smallest absolute Gasteiger partial charge is 0.202 e. The number of anilines is 1. The van der Waals surface area contributed by atoms with Gasteiger partial charge in [-0.05, 0) is 26.3 Å². The van der Waals surface area contributed by atoms with E-state index in [1.165, 1.54) is 30.9 Å². The number of ether oxygens (including phenoxy) is 1. The number of nitrogens with zero attached hydrogens (tertiary/aromatic N) is 3. The lowest BCUT2D eigenvalue weighted by molar-refractivity contribution is -0.0415.